The van der Waals surface area contributed by atoms with Crippen LogP contribution in [0.4, 0.5) is 5.69 Å². The number of nitrogens with one attached hydrogen (secondary N) is 1. The molecule has 1 aromatic carbocycles. The molecule has 0 amide bonds. The van der Waals surface area contributed by atoms with Gasteiger partial charge in [0.25, 0.3) is 0 Å². The van der Waals surface area contributed by atoms with E-state index in [1.54, 1.807) is 33.0 Å². The first-order valence-electron chi connectivity index (χ1n) is 6.44. The van der Waals surface area contributed by atoms with Gasteiger partial charge in [-0.3, -0.25) is 5.84 Å². The van der Waals surface area contributed by atoms with Crippen molar-refractivity contribution in [3.63, 3.8) is 0 Å². The van der Waals surface area contributed by atoms with Gasteiger partial charge in [0.2, 0.25) is 10.0 Å². The lowest BCUT2D eigenvalue weighted by Crippen LogP contribution is -2.41. The smallest absolute Gasteiger partial charge is 0.243 e. The van der Waals surface area contributed by atoms with Crippen molar-refractivity contribution in [1.82, 2.24) is 4.31 Å². The highest BCUT2D eigenvalue weighted by Crippen LogP contribution is 2.32. The van der Waals surface area contributed by atoms with Crippen molar-refractivity contribution in [2.24, 2.45) is 5.84 Å². The quantitative estimate of drug-likeness (QED) is 0.652. The summed E-state index contributed by atoms with van der Waals surface area (Å²) in [5.74, 6) is 5.38. The van der Waals surface area contributed by atoms with Gasteiger partial charge in [-0.1, -0.05) is 6.42 Å². The zero-order chi connectivity index (χ0) is 14.2. The van der Waals surface area contributed by atoms with Crippen molar-refractivity contribution < 1.29 is 8.42 Å². The molecule has 5 nitrogen and oxygen atoms in total. The first kappa shape index (κ1) is 14.3. The summed E-state index contributed by atoms with van der Waals surface area (Å²) in [6.45, 7) is 3.60. The molecule has 1 aromatic rings. The highest BCUT2D eigenvalue weighted by molar-refractivity contribution is 7.89. The molecule has 1 aliphatic carbocycles. The van der Waals surface area contributed by atoms with E-state index in [4.69, 9.17) is 5.84 Å². The van der Waals surface area contributed by atoms with E-state index in [2.05, 4.69) is 5.43 Å². The highest BCUT2D eigenvalue weighted by atomic mass is 32.2. The molecule has 1 fully saturated rings. The second kappa shape index (κ2) is 5.11. The maximum Gasteiger partial charge on any atom is 0.243 e. The van der Waals surface area contributed by atoms with E-state index in [0.29, 0.717) is 4.90 Å². The first-order chi connectivity index (χ1) is 8.87. The van der Waals surface area contributed by atoms with Crippen molar-refractivity contribution in [1.29, 1.82) is 0 Å². The number of nitrogens with zero attached hydrogens (tertiary/aromatic N) is 1. The lowest BCUT2D eigenvalue weighted by atomic mass is 9.94. The topological polar surface area (TPSA) is 75.4 Å². The van der Waals surface area contributed by atoms with E-state index < -0.39 is 10.0 Å². The van der Waals surface area contributed by atoms with Crippen LogP contribution < -0.4 is 11.3 Å². The Kier molecular flexibility index (Phi) is 3.85. The van der Waals surface area contributed by atoms with Crippen LogP contribution in [0.2, 0.25) is 0 Å². The van der Waals surface area contributed by atoms with Crippen LogP contribution in [0.25, 0.3) is 0 Å². The number of rotatable bonds is 4. The predicted molar refractivity (Wildman–Crippen MR) is 76.3 cm³/mol. The number of anilines is 1. The minimum Gasteiger partial charge on any atom is -0.324 e. The van der Waals surface area contributed by atoms with Crippen LogP contribution in [0, 0.1) is 13.8 Å². The Morgan fingerprint density at radius 3 is 2.16 bits per heavy atom. The zero-order valence-electron chi connectivity index (χ0n) is 11.6. The van der Waals surface area contributed by atoms with Gasteiger partial charge in [0.15, 0.2) is 0 Å². The average molecular weight is 283 g/mol. The van der Waals surface area contributed by atoms with Crippen LogP contribution in [0.1, 0.15) is 30.4 Å². The van der Waals surface area contributed by atoms with Crippen molar-refractivity contribution in [3.05, 3.63) is 23.3 Å². The maximum absolute atomic E-state index is 12.7. The molecule has 0 atom stereocenters. The number of sulfonamides is 1. The van der Waals surface area contributed by atoms with E-state index in [0.717, 1.165) is 36.1 Å². The number of hydrazine groups is 1. The van der Waals surface area contributed by atoms with Gasteiger partial charge < -0.3 is 5.43 Å². The van der Waals surface area contributed by atoms with Crippen LogP contribution >= 0.6 is 0 Å². The first-order valence-corrected chi connectivity index (χ1v) is 7.88. The van der Waals surface area contributed by atoms with Crippen LogP contribution in [0.3, 0.4) is 0 Å². The van der Waals surface area contributed by atoms with Crippen LogP contribution in [0.15, 0.2) is 17.0 Å². The Morgan fingerprint density at radius 1 is 1.26 bits per heavy atom. The fourth-order valence-corrected chi connectivity index (χ4v) is 4.35. The summed E-state index contributed by atoms with van der Waals surface area (Å²) in [6, 6.07) is 3.67. The molecule has 1 aliphatic rings. The second-order valence-corrected chi connectivity index (χ2v) is 7.12. The Labute approximate surface area is 114 Å². The SMILES string of the molecule is Cc1cc(NN)cc(C)c1S(=O)(=O)N(C)C1CCC1. The van der Waals surface area contributed by atoms with Crippen molar-refractivity contribution in [2.45, 2.75) is 44.0 Å². The monoisotopic (exact) mass is 283 g/mol. The molecule has 1 saturated carbocycles. The summed E-state index contributed by atoms with van der Waals surface area (Å²) >= 11 is 0. The molecule has 19 heavy (non-hydrogen) atoms. The number of nitrogen functional groups attached to an aromatic ring is 1. The lowest BCUT2D eigenvalue weighted by molar-refractivity contribution is 0.249. The van der Waals surface area contributed by atoms with E-state index >= 15 is 0 Å². The number of hydrogen-bond acceptors (Lipinski definition) is 4. The standard InChI is InChI=1S/C13H21N3O2S/c1-9-7-11(15-14)8-10(2)13(9)19(17,18)16(3)12-5-4-6-12/h7-8,12,15H,4-6,14H2,1-3H3. The van der Waals surface area contributed by atoms with E-state index in [9.17, 15) is 8.42 Å². The summed E-state index contributed by atoms with van der Waals surface area (Å²) in [5, 5.41) is 0. The van der Waals surface area contributed by atoms with Crippen molar-refractivity contribution in [3.8, 4) is 0 Å². The molecule has 0 saturated heterocycles. The molecule has 106 valence electrons. The van der Waals surface area contributed by atoms with Gasteiger partial charge in [0.05, 0.1) is 4.90 Å². The normalized spacial score (nSPS) is 16.5. The Hall–Kier alpha value is -1.11. The summed E-state index contributed by atoms with van der Waals surface area (Å²) < 4.78 is 26.9. The molecular weight excluding hydrogens is 262 g/mol. The summed E-state index contributed by atoms with van der Waals surface area (Å²) in [6.07, 6.45) is 3.02. The third-order valence-corrected chi connectivity index (χ3v) is 6.07. The zero-order valence-corrected chi connectivity index (χ0v) is 12.4. The van der Waals surface area contributed by atoms with Crippen LogP contribution in [0.5, 0.6) is 0 Å². The van der Waals surface area contributed by atoms with Gasteiger partial charge in [-0.2, -0.15) is 4.31 Å². The van der Waals surface area contributed by atoms with Crippen LogP contribution in [-0.2, 0) is 10.0 Å². The fourth-order valence-electron chi connectivity index (χ4n) is 2.53. The largest absolute Gasteiger partial charge is 0.324 e. The summed E-state index contributed by atoms with van der Waals surface area (Å²) in [7, 11) is -1.75. The minimum absolute atomic E-state index is 0.149. The fraction of sp³-hybridized carbons (Fsp3) is 0.538. The van der Waals surface area contributed by atoms with Crippen molar-refractivity contribution in [2.75, 3.05) is 12.5 Å². The number of hydrogen-bond donors (Lipinski definition) is 2. The Balaban J connectivity index is 2.45. The van der Waals surface area contributed by atoms with Crippen molar-refractivity contribution >= 4 is 15.7 Å². The molecule has 0 unspecified atom stereocenters. The molecule has 2 rings (SSSR count). The molecule has 0 aliphatic heterocycles. The van der Waals surface area contributed by atoms with Gasteiger partial charge in [0, 0.05) is 18.8 Å². The Morgan fingerprint density at radius 2 is 1.79 bits per heavy atom. The third-order valence-electron chi connectivity index (χ3n) is 3.85. The van der Waals surface area contributed by atoms with E-state index in [-0.39, 0.29) is 6.04 Å². The van der Waals surface area contributed by atoms with Crippen LogP contribution in [-0.4, -0.2) is 25.8 Å². The van der Waals surface area contributed by atoms with E-state index in [1.165, 1.54) is 4.31 Å². The van der Waals surface area contributed by atoms with Gasteiger partial charge in [0.1, 0.15) is 0 Å². The highest BCUT2D eigenvalue weighted by Gasteiger charge is 2.33. The molecule has 0 aromatic heterocycles. The third kappa shape index (κ3) is 2.48. The molecule has 0 heterocycles. The van der Waals surface area contributed by atoms with E-state index in [1.807, 2.05) is 0 Å². The number of nitrogens with two attached hydrogens (primary N) is 1. The number of aryl methyl sites for hydroxylation is 2. The molecule has 0 bridgehead atoms. The van der Waals surface area contributed by atoms with Gasteiger partial charge >= 0.3 is 0 Å². The summed E-state index contributed by atoms with van der Waals surface area (Å²) in [4.78, 5) is 0.404. The molecular formula is C13H21N3O2S. The Bertz CT molecular complexity index is 557. The molecule has 3 N–H and O–H groups in total. The molecule has 0 radical (unpaired) electrons. The molecule has 0 spiro atoms. The number of benzene rings is 1. The second-order valence-electron chi connectivity index (χ2n) is 5.19. The lowest BCUT2D eigenvalue weighted by Gasteiger charge is -2.34. The molecule has 6 heteroatoms. The predicted octanol–water partition coefficient (Wildman–Crippen LogP) is 1.76. The van der Waals surface area contributed by atoms with Gasteiger partial charge in [-0.25, -0.2) is 8.42 Å². The van der Waals surface area contributed by atoms with Gasteiger partial charge in [-0.05, 0) is 49.9 Å². The van der Waals surface area contributed by atoms with Gasteiger partial charge in [-0.15, -0.1) is 0 Å². The average Bonchev–Trinajstić information content (AvgIpc) is 2.25. The maximum atomic E-state index is 12.7. The minimum atomic E-state index is -3.42. The summed E-state index contributed by atoms with van der Waals surface area (Å²) in [5.41, 5.74) is 4.72.